The van der Waals surface area contributed by atoms with E-state index in [4.69, 9.17) is 4.74 Å². The number of nitrogens with zero attached hydrogens (tertiary/aromatic N) is 2. The van der Waals surface area contributed by atoms with Crippen molar-refractivity contribution in [3.8, 4) is 0 Å². The van der Waals surface area contributed by atoms with Crippen molar-refractivity contribution in [1.29, 1.82) is 0 Å². The monoisotopic (exact) mass is 381 g/mol. The Morgan fingerprint density at radius 2 is 2.04 bits per heavy atom. The zero-order chi connectivity index (χ0) is 17.9. The van der Waals surface area contributed by atoms with E-state index in [1.165, 1.54) is 11.3 Å². The Hall–Kier alpha value is -1.32. The van der Waals surface area contributed by atoms with Gasteiger partial charge in [0.1, 0.15) is 5.01 Å². The molecular weight excluding hydrogens is 358 g/mol. The summed E-state index contributed by atoms with van der Waals surface area (Å²) in [4.78, 5) is 7.16. The van der Waals surface area contributed by atoms with E-state index in [2.05, 4.69) is 14.6 Å². The molecule has 0 radical (unpaired) electrons. The summed E-state index contributed by atoms with van der Waals surface area (Å²) in [6.07, 6.45) is 0. The van der Waals surface area contributed by atoms with Gasteiger partial charge in [-0.15, -0.1) is 11.3 Å². The summed E-state index contributed by atoms with van der Waals surface area (Å²) in [5.74, 6) is 0. The van der Waals surface area contributed by atoms with E-state index in [1.54, 1.807) is 6.07 Å². The van der Waals surface area contributed by atoms with E-state index in [-0.39, 0.29) is 6.54 Å². The Morgan fingerprint density at radius 1 is 1.28 bits per heavy atom. The van der Waals surface area contributed by atoms with Crippen LogP contribution in [0.3, 0.4) is 0 Å². The van der Waals surface area contributed by atoms with Gasteiger partial charge in [-0.25, -0.2) is 18.1 Å². The van der Waals surface area contributed by atoms with Gasteiger partial charge >= 0.3 is 0 Å². The molecule has 136 valence electrons. The van der Waals surface area contributed by atoms with Gasteiger partial charge in [0.15, 0.2) is 0 Å². The molecular formula is C17H23N3O3S2. The van der Waals surface area contributed by atoms with Crippen LogP contribution in [0, 0.1) is 13.8 Å². The fourth-order valence-corrected chi connectivity index (χ4v) is 4.85. The highest BCUT2D eigenvalue weighted by molar-refractivity contribution is 7.89. The number of hydrogen-bond acceptors (Lipinski definition) is 6. The zero-order valence-corrected chi connectivity index (χ0v) is 16.1. The Morgan fingerprint density at radius 3 is 2.76 bits per heavy atom. The highest BCUT2D eigenvalue weighted by Crippen LogP contribution is 2.18. The first kappa shape index (κ1) is 18.5. The molecule has 0 aliphatic carbocycles. The molecule has 1 aliphatic heterocycles. The van der Waals surface area contributed by atoms with Gasteiger partial charge in [-0.2, -0.15) is 0 Å². The van der Waals surface area contributed by atoms with Crippen LogP contribution in [0.1, 0.15) is 21.8 Å². The minimum Gasteiger partial charge on any atom is -0.379 e. The minimum absolute atomic E-state index is 0.212. The molecule has 3 rings (SSSR count). The first-order chi connectivity index (χ1) is 11.9. The largest absolute Gasteiger partial charge is 0.379 e. The Bertz CT molecular complexity index is 827. The van der Waals surface area contributed by atoms with Crippen LogP contribution in [0.15, 0.2) is 28.5 Å². The predicted octanol–water partition coefficient (Wildman–Crippen LogP) is 2.07. The molecule has 1 aliphatic rings. The van der Waals surface area contributed by atoms with E-state index in [1.807, 2.05) is 31.4 Å². The SMILES string of the molecule is Cc1ccc(S(=O)(=O)NCc2nc(CN3CCOCC3)cs2)c(C)c1. The molecule has 0 unspecified atom stereocenters. The molecule has 0 amide bonds. The summed E-state index contributed by atoms with van der Waals surface area (Å²) in [5.41, 5.74) is 2.77. The van der Waals surface area contributed by atoms with Crippen LogP contribution in [-0.4, -0.2) is 44.6 Å². The lowest BCUT2D eigenvalue weighted by molar-refractivity contribution is 0.0337. The molecule has 0 spiro atoms. The van der Waals surface area contributed by atoms with Crippen molar-refractivity contribution in [2.75, 3.05) is 26.3 Å². The zero-order valence-electron chi connectivity index (χ0n) is 14.5. The fraction of sp³-hybridized carbons (Fsp3) is 0.471. The van der Waals surface area contributed by atoms with Gasteiger partial charge in [-0.1, -0.05) is 17.7 Å². The number of ether oxygens (including phenoxy) is 1. The fourth-order valence-electron chi connectivity index (χ4n) is 2.83. The van der Waals surface area contributed by atoms with Crippen LogP contribution < -0.4 is 4.72 Å². The third-order valence-electron chi connectivity index (χ3n) is 4.12. The average Bonchev–Trinajstić information content (AvgIpc) is 3.01. The third kappa shape index (κ3) is 4.86. The summed E-state index contributed by atoms with van der Waals surface area (Å²) >= 11 is 1.48. The number of benzene rings is 1. The van der Waals surface area contributed by atoms with Crippen LogP contribution in [0.2, 0.25) is 0 Å². The number of morpholine rings is 1. The number of aromatic nitrogens is 1. The molecule has 2 heterocycles. The Labute approximate surface area is 152 Å². The molecule has 1 aromatic heterocycles. The molecule has 1 fully saturated rings. The Kier molecular flexibility index (Phi) is 5.85. The first-order valence-electron chi connectivity index (χ1n) is 8.24. The van der Waals surface area contributed by atoms with Gasteiger partial charge in [0.25, 0.3) is 0 Å². The quantitative estimate of drug-likeness (QED) is 0.829. The minimum atomic E-state index is -3.53. The van der Waals surface area contributed by atoms with Gasteiger partial charge < -0.3 is 4.74 Å². The number of nitrogens with one attached hydrogen (secondary N) is 1. The van der Waals surface area contributed by atoms with Gasteiger partial charge in [0.05, 0.1) is 30.3 Å². The van der Waals surface area contributed by atoms with Crippen molar-refractivity contribution in [3.05, 3.63) is 45.4 Å². The van der Waals surface area contributed by atoms with Gasteiger partial charge in [0, 0.05) is 25.0 Å². The summed E-state index contributed by atoms with van der Waals surface area (Å²) in [6.45, 7) is 8.08. The van der Waals surface area contributed by atoms with Crippen molar-refractivity contribution >= 4 is 21.4 Å². The van der Waals surface area contributed by atoms with Gasteiger partial charge in [-0.05, 0) is 25.5 Å². The number of sulfonamides is 1. The van der Waals surface area contributed by atoms with Crippen LogP contribution in [0.25, 0.3) is 0 Å². The maximum atomic E-state index is 12.5. The highest BCUT2D eigenvalue weighted by Gasteiger charge is 2.18. The second kappa shape index (κ2) is 7.92. The second-order valence-corrected chi connectivity index (χ2v) is 8.89. The number of hydrogen-bond donors (Lipinski definition) is 1. The van der Waals surface area contributed by atoms with E-state index in [9.17, 15) is 8.42 Å². The van der Waals surface area contributed by atoms with E-state index < -0.39 is 10.0 Å². The van der Waals surface area contributed by atoms with Crippen molar-refractivity contribution in [2.24, 2.45) is 0 Å². The highest BCUT2D eigenvalue weighted by atomic mass is 32.2. The maximum absolute atomic E-state index is 12.5. The topological polar surface area (TPSA) is 71.5 Å². The van der Waals surface area contributed by atoms with Crippen LogP contribution >= 0.6 is 11.3 Å². The molecule has 8 heteroatoms. The smallest absolute Gasteiger partial charge is 0.241 e. The molecule has 1 saturated heterocycles. The first-order valence-corrected chi connectivity index (χ1v) is 10.6. The summed E-state index contributed by atoms with van der Waals surface area (Å²) in [6, 6.07) is 5.34. The van der Waals surface area contributed by atoms with E-state index in [0.29, 0.717) is 4.90 Å². The van der Waals surface area contributed by atoms with Gasteiger partial charge in [-0.3, -0.25) is 4.90 Å². The lowest BCUT2D eigenvalue weighted by Gasteiger charge is -2.25. The summed E-state index contributed by atoms with van der Waals surface area (Å²) < 4.78 is 33.0. The third-order valence-corrected chi connectivity index (χ3v) is 6.58. The second-order valence-electron chi connectivity index (χ2n) is 6.21. The lowest BCUT2D eigenvalue weighted by atomic mass is 10.2. The molecule has 1 aromatic carbocycles. The molecule has 1 N–H and O–H groups in total. The van der Waals surface area contributed by atoms with Crippen LogP contribution in [0.5, 0.6) is 0 Å². The number of thiazole rings is 1. The van der Waals surface area contributed by atoms with E-state index >= 15 is 0 Å². The van der Waals surface area contributed by atoms with Crippen molar-refractivity contribution < 1.29 is 13.2 Å². The average molecular weight is 382 g/mol. The number of rotatable bonds is 6. The maximum Gasteiger partial charge on any atom is 0.241 e. The molecule has 6 nitrogen and oxygen atoms in total. The molecule has 0 bridgehead atoms. The van der Waals surface area contributed by atoms with Crippen molar-refractivity contribution in [3.63, 3.8) is 0 Å². The Balaban J connectivity index is 1.61. The normalized spacial score (nSPS) is 16.2. The van der Waals surface area contributed by atoms with Crippen molar-refractivity contribution in [2.45, 2.75) is 31.8 Å². The summed E-state index contributed by atoms with van der Waals surface area (Å²) in [5, 5.41) is 2.77. The summed E-state index contributed by atoms with van der Waals surface area (Å²) in [7, 11) is -3.53. The molecule has 0 saturated carbocycles. The van der Waals surface area contributed by atoms with Crippen molar-refractivity contribution in [1.82, 2.24) is 14.6 Å². The van der Waals surface area contributed by atoms with Gasteiger partial charge in [0.2, 0.25) is 10.0 Å². The standard InChI is InChI=1S/C17H23N3O3S2/c1-13-3-4-16(14(2)9-13)25(21,22)18-10-17-19-15(12-24-17)11-20-5-7-23-8-6-20/h3-4,9,12,18H,5-8,10-11H2,1-2H3. The van der Waals surface area contributed by atoms with Crippen LogP contribution in [-0.2, 0) is 27.8 Å². The predicted molar refractivity (Wildman–Crippen MR) is 98.2 cm³/mol. The molecule has 25 heavy (non-hydrogen) atoms. The van der Waals surface area contributed by atoms with Crippen LogP contribution in [0.4, 0.5) is 0 Å². The molecule has 0 atom stereocenters. The van der Waals surface area contributed by atoms with E-state index in [0.717, 1.165) is 54.7 Å². The molecule has 2 aromatic rings. The lowest BCUT2D eigenvalue weighted by Crippen LogP contribution is -2.35. The number of aryl methyl sites for hydroxylation is 2.